The molecule has 2 aromatic rings. The van der Waals surface area contributed by atoms with E-state index in [0.29, 0.717) is 5.57 Å². The van der Waals surface area contributed by atoms with Crippen molar-refractivity contribution in [3.63, 3.8) is 0 Å². The summed E-state index contributed by atoms with van der Waals surface area (Å²) in [6.45, 7) is 5.85. The maximum Gasteiger partial charge on any atom is 0.337 e. The molecule has 29 heavy (non-hydrogen) atoms. The molecule has 154 valence electrons. The van der Waals surface area contributed by atoms with E-state index in [1.54, 1.807) is 14.2 Å². The summed E-state index contributed by atoms with van der Waals surface area (Å²) in [7, 11) is 4.68. The van der Waals surface area contributed by atoms with Crippen LogP contribution in [0.3, 0.4) is 0 Å². The zero-order valence-corrected chi connectivity index (χ0v) is 17.2. The van der Waals surface area contributed by atoms with Crippen LogP contribution < -0.4 is 4.74 Å². The fourth-order valence-corrected chi connectivity index (χ4v) is 5.04. The van der Waals surface area contributed by atoms with E-state index < -0.39 is 0 Å². The van der Waals surface area contributed by atoms with Gasteiger partial charge in [0, 0.05) is 35.6 Å². The molecule has 0 bridgehead atoms. The Labute approximate surface area is 171 Å². The first-order valence-electron chi connectivity index (χ1n) is 9.98. The first-order valence-corrected chi connectivity index (χ1v) is 9.98. The van der Waals surface area contributed by atoms with Crippen LogP contribution in [0.25, 0.3) is 10.9 Å². The molecule has 4 rings (SSSR count). The third-order valence-electron chi connectivity index (χ3n) is 6.37. The quantitative estimate of drug-likeness (QED) is 0.362. The van der Waals surface area contributed by atoms with Crippen LogP contribution in [0.2, 0.25) is 0 Å². The second kappa shape index (κ2) is 7.95. The van der Waals surface area contributed by atoms with E-state index in [2.05, 4.69) is 22.5 Å². The molecule has 1 fully saturated rings. The highest BCUT2D eigenvalue weighted by Gasteiger charge is 2.42. The number of methoxy groups -OCH3 is 3. The number of esters is 1. The fraction of sp³-hybridized carbons (Fsp3) is 0.435. The lowest BCUT2D eigenvalue weighted by molar-refractivity contribution is -0.137. The zero-order chi connectivity index (χ0) is 20.5. The standard InChI is InChI=1S/C23H28N2O4/c1-5-14-12-25-10-9-15-21-18(7-6-8-20(21)28-3)24-22(15)19(25)11-16(14)17(13-27-2)23(26)29-4/h5-8,13-14,16,19,24H,1,9-12H2,2-4H3/b17-13+/t14-,16?,19-/m0/s1. The lowest BCUT2D eigenvalue weighted by Crippen LogP contribution is -2.46. The molecule has 0 amide bonds. The van der Waals surface area contributed by atoms with Crippen LogP contribution in [0.4, 0.5) is 0 Å². The normalized spacial score (nSPS) is 24.5. The van der Waals surface area contributed by atoms with Gasteiger partial charge < -0.3 is 19.2 Å². The number of hydrogen-bond donors (Lipinski definition) is 1. The van der Waals surface area contributed by atoms with Crippen molar-refractivity contribution in [2.45, 2.75) is 18.9 Å². The molecule has 6 nitrogen and oxygen atoms in total. The molecule has 1 aromatic carbocycles. The molecule has 3 heterocycles. The molecule has 1 N–H and O–H groups in total. The van der Waals surface area contributed by atoms with Crippen molar-refractivity contribution in [3.8, 4) is 5.75 Å². The molecule has 1 aromatic heterocycles. The Morgan fingerprint density at radius 2 is 2.14 bits per heavy atom. The topological polar surface area (TPSA) is 63.8 Å². The molecule has 6 heteroatoms. The number of aromatic amines is 1. The number of rotatable bonds is 5. The van der Waals surface area contributed by atoms with Gasteiger partial charge in [-0.1, -0.05) is 12.1 Å². The van der Waals surface area contributed by atoms with Crippen molar-refractivity contribution >= 4 is 16.9 Å². The van der Waals surface area contributed by atoms with Crippen LogP contribution in [-0.4, -0.2) is 50.3 Å². The predicted molar refractivity (Wildman–Crippen MR) is 112 cm³/mol. The average Bonchev–Trinajstić information content (AvgIpc) is 3.15. The Hall–Kier alpha value is -2.73. The number of carbonyl (C=O) groups excluding carboxylic acids is 1. The third kappa shape index (κ3) is 3.21. The lowest BCUT2D eigenvalue weighted by atomic mass is 9.75. The van der Waals surface area contributed by atoms with Crippen molar-refractivity contribution < 1.29 is 19.0 Å². The Morgan fingerprint density at radius 1 is 1.31 bits per heavy atom. The van der Waals surface area contributed by atoms with Crippen LogP contribution in [0, 0.1) is 11.8 Å². The average molecular weight is 396 g/mol. The summed E-state index contributed by atoms with van der Waals surface area (Å²) >= 11 is 0. The van der Waals surface area contributed by atoms with Gasteiger partial charge in [0.1, 0.15) is 5.75 Å². The Balaban J connectivity index is 1.77. The monoisotopic (exact) mass is 396 g/mol. The van der Waals surface area contributed by atoms with E-state index in [-0.39, 0.29) is 23.8 Å². The third-order valence-corrected chi connectivity index (χ3v) is 6.37. The number of nitrogens with one attached hydrogen (secondary N) is 1. The van der Waals surface area contributed by atoms with Crippen molar-refractivity contribution in [2.75, 3.05) is 34.4 Å². The summed E-state index contributed by atoms with van der Waals surface area (Å²) < 4.78 is 15.9. The molecule has 0 radical (unpaired) electrons. The summed E-state index contributed by atoms with van der Waals surface area (Å²) in [6.07, 6.45) is 5.25. The summed E-state index contributed by atoms with van der Waals surface area (Å²) in [4.78, 5) is 18.6. The van der Waals surface area contributed by atoms with Gasteiger partial charge in [0.2, 0.25) is 0 Å². The summed E-state index contributed by atoms with van der Waals surface area (Å²) in [6, 6.07) is 6.31. The van der Waals surface area contributed by atoms with Gasteiger partial charge in [0.15, 0.2) is 0 Å². The number of aromatic nitrogens is 1. The van der Waals surface area contributed by atoms with E-state index in [1.165, 1.54) is 30.0 Å². The number of benzene rings is 1. The number of H-pyrrole nitrogens is 1. The maximum absolute atomic E-state index is 12.4. The number of ether oxygens (including phenoxy) is 3. The first-order chi connectivity index (χ1) is 14.1. The highest BCUT2D eigenvalue weighted by Crippen LogP contribution is 2.46. The minimum absolute atomic E-state index is 0.0135. The fourth-order valence-electron chi connectivity index (χ4n) is 5.04. The van der Waals surface area contributed by atoms with E-state index >= 15 is 0 Å². The van der Waals surface area contributed by atoms with E-state index in [4.69, 9.17) is 14.2 Å². The van der Waals surface area contributed by atoms with Crippen molar-refractivity contribution in [2.24, 2.45) is 11.8 Å². The lowest BCUT2D eigenvalue weighted by Gasteiger charge is -2.45. The van der Waals surface area contributed by atoms with Crippen LogP contribution in [0.1, 0.15) is 23.7 Å². The number of carbonyl (C=O) groups is 1. The predicted octanol–water partition coefficient (Wildman–Crippen LogP) is 3.60. The highest BCUT2D eigenvalue weighted by atomic mass is 16.5. The summed E-state index contributed by atoms with van der Waals surface area (Å²) in [5, 5.41) is 1.17. The van der Waals surface area contributed by atoms with Crippen molar-refractivity contribution in [1.82, 2.24) is 9.88 Å². The minimum Gasteiger partial charge on any atom is -0.504 e. The van der Waals surface area contributed by atoms with Crippen molar-refractivity contribution in [3.05, 3.63) is 53.9 Å². The van der Waals surface area contributed by atoms with Gasteiger partial charge in [-0.15, -0.1) is 6.58 Å². The summed E-state index contributed by atoms with van der Waals surface area (Å²) in [5.74, 6) is 0.707. The second-order valence-electron chi connectivity index (χ2n) is 7.70. The van der Waals surface area contributed by atoms with Gasteiger partial charge in [-0.05, 0) is 36.5 Å². The molecular formula is C23H28N2O4. The molecular weight excluding hydrogens is 368 g/mol. The van der Waals surface area contributed by atoms with Gasteiger partial charge in [0.05, 0.1) is 39.2 Å². The van der Waals surface area contributed by atoms with Crippen molar-refractivity contribution in [1.29, 1.82) is 0 Å². The van der Waals surface area contributed by atoms with Gasteiger partial charge in [-0.25, -0.2) is 4.79 Å². The second-order valence-corrected chi connectivity index (χ2v) is 7.70. The van der Waals surface area contributed by atoms with Crippen LogP contribution in [-0.2, 0) is 20.7 Å². The van der Waals surface area contributed by atoms with E-state index in [0.717, 1.165) is 37.2 Å². The number of piperidine rings is 1. The Bertz CT molecular complexity index is 961. The number of nitrogens with zero attached hydrogens (tertiary/aromatic N) is 1. The molecule has 0 saturated carbocycles. The number of hydrogen-bond acceptors (Lipinski definition) is 5. The smallest absolute Gasteiger partial charge is 0.337 e. The molecule has 1 unspecified atom stereocenters. The number of fused-ring (bicyclic) bond motifs is 5. The van der Waals surface area contributed by atoms with Crippen LogP contribution in [0.15, 0.2) is 42.7 Å². The van der Waals surface area contributed by atoms with Gasteiger partial charge in [-0.3, -0.25) is 4.90 Å². The van der Waals surface area contributed by atoms with E-state index in [1.807, 2.05) is 18.2 Å². The molecule has 0 spiro atoms. The Morgan fingerprint density at radius 3 is 2.83 bits per heavy atom. The van der Waals surface area contributed by atoms with E-state index in [9.17, 15) is 4.79 Å². The highest BCUT2D eigenvalue weighted by molar-refractivity contribution is 5.91. The largest absolute Gasteiger partial charge is 0.504 e. The van der Waals surface area contributed by atoms with Crippen LogP contribution in [0.5, 0.6) is 5.75 Å². The molecule has 1 saturated heterocycles. The first kappa shape index (κ1) is 19.6. The van der Waals surface area contributed by atoms with Gasteiger partial charge >= 0.3 is 5.97 Å². The SMILES string of the molecule is C=C[C@H]1CN2CCc3c([nH]c4cccc(OC)c34)[C@@H]2CC1/C(=C\OC)C(=O)OC. The van der Waals surface area contributed by atoms with Gasteiger partial charge in [0.25, 0.3) is 0 Å². The minimum atomic E-state index is -0.341. The Kier molecular flexibility index (Phi) is 5.37. The molecule has 2 aliphatic rings. The zero-order valence-electron chi connectivity index (χ0n) is 17.2. The maximum atomic E-state index is 12.4. The molecule has 0 aliphatic carbocycles. The summed E-state index contributed by atoms with van der Waals surface area (Å²) in [5.41, 5.74) is 4.22. The van der Waals surface area contributed by atoms with Crippen LogP contribution >= 0.6 is 0 Å². The molecule has 2 aliphatic heterocycles. The molecule has 3 atom stereocenters. The van der Waals surface area contributed by atoms with Gasteiger partial charge in [-0.2, -0.15) is 0 Å².